The van der Waals surface area contributed by atoms with Crippen molar-refractivity contribution < 1.29 is 18.0 Å². The molecule has 0 saturated carbocycles. The van der Waals surface area contributed by atoms with E-state index in [2.05, 4.69) is 20.3 Å². The highest BCUT2D eigenvalue weighted by Gasteiger charge is 2.34. The molecule has 1 aromatic carbocycles. The summed E-state index contributed by atoms with van der Waals surface area (Å²) in [6.45, 7) is 1.97. The second kappa shape index (κ2) is 8.31. The van der Waals surface area contributed by atoms with Crippen molar-refractivity contribution in [1.29, 1.82) is 0 Å². The number of hydrogen-bond donors (Lipinski definition) is 2. The molecule has 30 heavy (non-hydrogen) atoms. The van der Waals surface area contributed by atoms with E-state index >= 15 is 0 Å². The van der Waals surface area contributed by atoms with Gasteiger partial charge in [0, 0.05) is 37.1 Å². The van der Waals surface area contributed by atoms with Crippen LogP contribution >= 0.6 is 11.6 Å². The Morgan fingerprint density at radius 3 is 2.50 bits per heavy atom. The third-order valence-corrected chi connectivity index (χ3v) is 4.70. The predicted molar refractivity (Wildman–Crippen MR) is 106 cm³/mol. The Morgan fingerprint density at radius 1 is 1.27 bits per heavy atom. The Morgan fingerprint density at radius 2 is 1.93 bits per heavy atom. The van der Waals surface area contributed by atoms with Gasteiger partial charge in [0.15, 0.2) is 5.69 Å². The van der Waals surface area contributed by atoms with Crippen LogP contribution in [-0.4, -0.2) is 25.4 Å². The van der Waals surface area contributed by atoms with Gasteiger partial charge >= 0.3 is 6.18 Å². The highest BCUT2D eigenvalue weighted by atomic mass is 35.5. The van der Waals surface area contributed by atoms with E-state index in [4.69, 9.17) is 17.3 Å². The summed E-state index contributed by atoms with van der Waals surface area (Å²) in [5, 5.41) is 3.11. The Labute approximate surface area is 175 Å². The van der Waals surface area contributed by atoms with Crippen molar-refractivity contribution in [3.8, 4) is 11.4 Å². The van der Waals surface area contributed by atoms with Gasteiger partial charge in [-0.25, -0.2) is 15.0 Å². The second-order valence-electron chi connectivity index (χ2n) is 6.68. The first-order valence-electron chi connectivity index (χ1n) is 8.81. The SMILES string of the molecule is CC(C(N)=O)c1cnc(Cl)nc1NCc1ccc(-c2nc(C(F)(F)F)cn2C)cc1. The summed E-state index contributed by atoms with van der Waals surface area (Å²) in [4.78, 5) is 23.2. The molecule has 0 aliphatic rings. The van der Waals surface area contributed by atoms with Crippen molar-refractivity contribution in [2.24, 2.45) is 12.8 Å². The molecule has 7 nitrogen and oxygen atoms in total. The van der Waals surface area contributed by atoms with Crippen LogP contribution in [0.2, 0.25) is 5.28 Å². The van der Waals surface area contributed by atoms with E-state index in [1.165, 1.54) is 17.8 Å². The van der Waals surface area contributed by atoms with Crippen molar-refractivity contribution in [2.75, 3.05) is 5.32 Å². The van der Waals surface area contributed by atoms with Crippen LogP contribution in [-0.2, 0) is 24.6 Å². The molecule has 1 atom stereocenters. The maximum absolute atomic E-state index is 12.9. The van der Waals surface area contributed by atoms with E-state index in [9.17, 15) is 18.0 Å². The van der Waals surface area contributed by atoms with E-state index in [-0.39, 0.29) is 11.1 Å². The fourth-order valence-electron chi connectivity index (χ4n) is 2.81. The van der Waals surface area contributed by atoms with Crippen molar-refractivity contribution >= 4 is 23.3 Å². The normalized spacial score (nSPS) is 12.6. The fraction of sp³-hybridized carbons (Fsp3) is 0.263. The van der Waals surface area contributed by atoms with Crippen LogP contribution in [0, 0.1) is 0 Å². The van der Waals surface area contributed by atoms with Crippen LogP contribution in [0.1, 0.15) is 29.7 Å². The zero-order chi connectivity index (χ0) is 22.1. The molecule has 2 heterocycles. The van der Waals surface area contributed by atoms with Gasteiger partial charge in [-0.1, -0.05) is 24.3 Å². The Bertz CT molecular complexity index is 1070. The summed E-state index contributed by atoms with van der Waals surface area (Å²) in [6.07, 6.45) is -2.11. The largest absolute Gasteiger partial charge is 0.434 e. The predicted octanol–water partition coefficient (Wildman–Crippen LogP) is 3.75. The number of alkyl halides is 3. The summed E-state index contributed by atoms with van der Waals surface area (Å²) in [5.74, 6) is -0.550. The summed E-state index contributed by atoms with van der Waals surface area (Å²) in [5.41, 5.74) is 6.31. The molecule has 11 heteroatoms. The lowest BCUT2D eigenvalue weighted by molar-refractivity contribution is -0.140. The van der Waals surface area contributed by atoms with Crippen LogP contribution in [0.4, 0.5) is 19.0 Å². The number of nitrogens with two attached hydrogens (primary N) is 1. The number of nitrogens with one attached hydrogen (secondary N) is 1. The lowest BCUT2D eigenvalue weighted by atomic mass is 10.0. The van der Waals surface area contributed by atoms with Gasteiger partial charge in [-0.15, -0.1) is 0 Å². The number of imidazole rings is 1. The standard InChI is InChI=1S/C19H18ClF3N6O/c1-10(15(24)30)13-8-26-18(20)28-16(13)25-7-11-3-5-12(6-4-11)17-27-14(9-29(17)2)19(21,22)23/h3-6,8-10H,7H2,1-2H3,(H2,24,30)(H,25,26,28). The fourth-order valence-corrected chi connectivity index (χ4v) is 2.94. The van der Waals surface area contributed by atoms with E-state index in [1.54, 1.807) is 31.2 Å². The average molecular weight is 439 g/mol. The molecule has 1 amide bonds. The number of anilines is 1. The minimum Gasteiger partial charge on any atom is -0.369 e. The number of hydrogen-bond acceptors (Lipinski definition) is 5. The maximum atomic E-state index is 12.9. The third-order valence-electron chi connectivity index (χ3n) is 4.52. The molecule has 0 bridgehead atoms. The maximum Gasteiger partial charge on any atom is 0.434 e. The minimum atomic E-state index is -4.50. The highest BCUT2D eigenvalue weighted by Crippen LogP contribution is 2.30. The number of aromatic nitrogens is 4. The zero-order valence-electron chi connectivity index (χ0n) is 16.0. The lowest BCUT2D eigenvalue weighted by Crippen LogP contribution is -2.20. The molecule has 3 rings (SSSR count). The molecule has 158 valence electrons. The summed E-state index contributed by atoms with van der Waals surface area (Å²) < 4.78 is 39.9. The summed E-state index contributed by atoms with van der Waals surface area (Å²) in [6, 6.07) is 6.87. The minimum absolute atomic E-state index is 0.0171. The first-order valence-corrected chi connectivity index (χ1v) is 9.19. The number of halogens is 4. The van der Waals surface area contributed by atoms with E-state index in [0.717, 1.165) is 11.8 Å². The van der Waals surface area contributed by atoms with Crippen LogP contribution in [0.3, 0.4) is 0 Å². The van der Waals surface area contributed by atoms with Crippen LogP contribution < -0.4 is 11.1 Å². The van der Waals surface area contributed by atoms with Crippen molar-refractivity contribution in [2.45, 2.75) is 25.6 Å². The molecule has 0 aliphatic heterocycles. The molecule has 1 unspecified atom stereocenters. The lowest BCUT2D eigenvalue weighted by Gasteiger charge is -2.14. The smallest absolute Gasteiger partial charge is 0.369 e. The molecule has 0 aliphatic carbocycles. The van der Waals surface area contributed by atoms with Gasteiger partial charge in [0.25, 0.3) is 0 Å². The Kier molecular flexibility index (Phi) is 5.97. The van der Waals surface area contributed by atoms with E-state index in [1.807, 2.05) is 0 Å². The first-order chi connectivity index (χ1) is 14.1. The van der Waals surface area contributed by atoms with Crippen molar-refractivity contribution in [1.82, 2.24) is 19.5 Å². The third kappa shape index (κ3) is 4.70. The number of amides is 1. The molecular formula is C19H18ClF3N6O. The van der Waals surface area contributed by atoms with Gasteiger partial charge in [-0.3, -0.25) is 4.79 Å². The quantitative estimate of drug-likeness (QED) is 0.571. The number of benzene rings is 1. The topological polar surface area (TPSA) is 98.7 Å². The van der Waals surface area contributed by atoms with Crippen LogP contribution in [0.25, 0.3) is 11.4 Å². The molecule has 0 fully saturated rings. The van der Waals surface area contributed by atoms with Gasteiger partial charge in [0.2, 0.25) is 11.2 Å². The molecule has 2 aromatic heterocycles. The van der Waals surface area contributed by atoms with E-state index < -0.39 is 23.7 Å². The second-order valence-corrected chi connectivity index (χ2v) is 7.01. The molecular weight excluding hydrogens is 421 g/mol. The monoisotopic (exact) mass is 438 g/mol. The van der Waals surface area contributed by atoms with Gasteiger partial charge in [-0.05, 0) is 24.1 Å². The molecule has 0 saturated heterocycles. The van der Waals surface area contributed by atoms with Crippen LogP contribution in [0.15, 0.2) is 36.7 Å². The molecule has 0 spiro atoms. The first kappa shape index (κ1) is 21.6. The number of primary amides is 1. The Balaban J connectivity index is 1.77. The summed E-state index contributed by atoms with van der Waals surface area (Å²) >= 11 is 5.85. The van der Waals surface area contributed by atoms with E-state index in [0.29, 0.717) is 23.5 Å². The number of aryl methyl sites for hydroxylation is 1. The number of carbonyl (C=O) groups is 1. The van der Waals surface area contributed by atoms with Gasteiger partial charge in [0.05, 0.1) is 5.92 Å². The highest BCUT2D eigenvalue weighted by molar-refractivity contribution is 6.28. The van der Waals surface area contributed by atoms with Gasteiger partial charge in [0.1, 0.15) is 11.6 Å². The van der Waals surface area contributed by atoms with Crippen LogP contribution in [0.5, 0.6) is 0 Å². The molecule has 0 radical (unpaired) electrons. The number of carbonyl (C=O) groups excluding carboxylic acids is 1. The average Bonchev–Trinajstić information content (AvgIpc) is 3.08. The molecule has 3 N–H and O–H groups in total. The number of rotatable bonds is 6. The summed E-state index contributed by atoms with van der Waals surface area (Å²) in [7, 11) is 1.51. The molecule has 3 aromatic rings. The van der Waals surface area contributed by atoms with Crippen molar-refractivity contribution in [3.05, 3.63) is 58.8 Å². The van der Waals surface area contributed by atoms with Gasteiger partial charge < -0.3 is 15.6 Å². The Hall–Kier alpha value is -3.14. The number of nitrogens with zero attached hydrogens (tertiary/aromatic N) is 4. The van der Waals surface area contributed by atoms with Crippen molar-refractivity contribution in [3.63, 3.8) is 0 Å². The van der Waals surface area contributed by atoms with Gasteiger partial charge in [-0.2, -0.15) is 13.2 Å². The zero-order valence-corrected chi connectivity index (χ0v) is 16.8.